The third-order valence-corrected chi connectivity index (χ3v) is 5.23. The number of methoxy groups -OCH3 is 1. The van der Waals surface area contributed by atoms with Crippen LogP contribution in [0.4, 0.5) is 11.5 Å². The number of nitrogens with zero attached hydrogens (tertiary/aromatic N) is 3. The van der Waals surface area contributed by atoms with E-state index in [2.05, 4.69) is 15.2 Å². The number of rotatable bonds is 6. The van der Waals surface area contributed by atoms with Crippen LogP contribution in [-0.4, -0.2) is 42.7 Å². The van der Waals surface area contributed by atoms with Gasteiger partial charge in [0.05, 0.1) is 30.7 Å². The van der Waals surface area contributed by atoms with E-state index in [-0.39, 0.29) is 11.8 Å². The Labute approximate surface area is 176 Å². The van der Waals surface area contributed by atoms with Crippen molar-refractivity contribution in [2.75, 3.05) is 37.0 Å². The SMILES string of the molecule is CCOc1nc2ccccc2nc1N1CCC[C@H](C(=O)Nc2cccc(OC)c2)C1. The number of fused-ring (bicyclic) bond motifs is 1. The zero-order valence-corrected chi connectivity index (χ0v) is 17.3. The van der Waals surface area contributed by atoms with Crippen LogP contribution in [0, 0.1) is 5.92 Å². The Morgan fingerprint density at radius 1 is 1.17 bits per heavy atom. The molecule has 1 saturated heterocycles. The average molecular weight is 406 g/mol. The minimum atomic E-state index is -0.146. The molecule has 0 unspecified atom stereocenters. The molecule has 7 heteroatoms. The first-order valence-corrected chi connectivity index (χ1v) is 10.3. The Hall–Kier alpha value is -3.35. The largest absolute Gasteiger partial charge is 0.497 e. The van der Waals surface area contributed by atoms with Gasteiger partial charge in [-0.25, -0.2) is 9.97 Å². The number of ether oxygens (including phenoxy) is 2. The summed E-state index contributed by atoms with van der Waals surface area (Å²) in [7, 11) is 1.61. The van der Waals surface area contributed by atoms with E-state index in [4.69, 9.17) is 14.5 Å². The highest BCUT2D eigenvalue weighted by atomic mass is 16.5. The van der Waals surface area contributed by atoms with Crippen LogP contribution < -0.4 is 19.7 Å². The molecular weight excluding hydrogens is 380 g/mol. The molecule has 4 rings (SSSR count). The number of hydrogen-bond acceptors (Lipinski definition) is 6. The third kappa shape index (κ3) is 4.30. The van der Waals surface area contributed by atoms with Crippen LogP contribution in [0.2, 0.25) is 0 Å². The summed E-state index contributed by atoms with van der Waals surface area (Å²) in [6.07, 6.45) is 1.73. The first-order valence-electron chi connectivity index (χ1n) is 10.3. The van der Waals surface area contributed by atoms with Crippen molar-refractivity contribution in [2.45, 2.75) is 19.8 Å². The third-order valence-electron chi connectivity index (χ3n) is 5.23. The van der Waals surface area contributed by atoms with E-state index in [0.29, 0.717) is 30.6 Å². The maximum atomic E-state index is 12.9. The van der Waals surface area contributed by atoms with Gasteiger partial charge in [-0.1, -0.05) is 18.2 Å². The lowest BCUT2D eigenvalue weighted by molar-refractivity contribution is -0.120. The molecule has 1 aromatic heterocycles. The van der Waals surface area contributed by atoms with Gasteiger partial charge in [0, 0.05) is 24.8 Å². The molecule has 1 atom stereocenters. The number of aromatic nitrogens is 2. The summed E-state index contributed by atoms with van der Waals surface area (Å²) in [5.41, 5.74) is 2.35. The topological polar surface area (TPSA) is 76.6 Å². The molecule has 0 spiro atoms. The summed E-state index contributed by atoms with van der Waals surface area (Å²) in [5.74, 6) is 1.79. The summed E-state index contributed by atoms with van der Waals surface area (Å²) in [6.45, 7) is 3.83. The fourth-order valence-electron chi connectivity index (χ4n) is 3.74. The monoisotopic (exact) mass is 406 g/mol. The van der Waals surface area contributed by atoms with Crippen molar-refractivity contribution in [1.82, 2.24) is 9.97 Å². The number of amides is 1. The van der Waals surface area contributed by atoms with Crippen molar-refractivity contribution in [3.05, 3.63) is 48.5 Å². The lowest BCUT2D eigenvalue weighted by Crippen LogP contribution is -2.41. The Morgan fingerprint density at radius 3 is 2.73 bits per heavy atom. The molecule has 2 aromatic carbocycles. The lowest BCUT2D eigenvalue weighted by Gasteiger charge is -2.33. The normalized spacial score (nSPS) is 16.3. The van der Waals surface area contributed by atoms with Crippen LogP contribution in [0.15, 0.2) is 48.5 Å². The van der Waals surface area contributed by atoms with Crippen molar-refractivity contribution >= 4 is 28.4 Å². The van der Waals surface area contributed by atoms with Gasteiger partial charge in [0.15, 0.2) is 5.82 Å². The highest BCUT2D eigenvalue weighted by molar-refractivity contribution is 5.93. The van der Waals surface area contributed by atoms with E-state index < -0.39 is 0 Å². The Kier molecular flexibility index (Phi) is 5.97. The van der Waals surface area contributed by atoms with Gasteiger partial charge < -0.3 is 19.7 Å². The molecule has 1 aliphatic heterocycles. The predicted molar refractivity (Wildman–Crippen MR) is 117 cm³/mol. The van der Waals surface area contributed by atoms with Crippen LogP contribution in [0.3, 0.4) is 0 Å². The fourth-order valence-corrected chi connectivity index (χ4v) is 3.74. The summed E-state index contributed by atoms with van der Waals surface area (Å²) < 4.78 is 11.0. The first kappa shape index (κ1) is 19.9. The fraction of sp³-hybridized carbons (Fsp3) is 0.348. The van der Waals surface area contributed by atoms with Crippen LogP contribution >= 0.6 is 0 Å². The van der Waals surface area contributed by atoms with Crippen LogP contribution in [0.1, 0.15) is 19.8 Å². The standard InChI is InChI=1S/C23H26N4O3/c1-3-30-23-21(25-19-11-4-5-12-20(19)26-23)27-13-7-8-16(15-27)22(28)24-17-9-6-10-18(14-17)29-2/h4-6,9-12,14,16H,3,7-8,13,15H2,1-2H3,(H,24,28)/t16-/m0/s1. The maximum absolute atomic E-state index is 12.9. The van der Waals surface area contributed by atoms with E-state index in [0.717, 1.165) is 36.1 Å². The molecule has 1 fully saturated rings. The minimum absolute atomic E-state index is 0.000314. The number of carbonyl (C=O) groups excluding carboxylic acids is 1. The molecule has 7 nitrogen and oxygen atoms in total. The zero-order valence-electron chi connectivity index (χ0n) is 17.3. The van der Waals surface area contributed by atoms with Crippen LogP contribution in [0.25, 0.3) is 11.0 Å². The molecule has 156 valence electrons. The number of para-hydroxylation sites is 2. The van der Waals surface area contributed by atoms with Gasteiger partial charge in [-0.3, -0.25) is 4.79 Å². The van der Waals surface area contributed by atoms with E-state index in [9.17, 15) is 4.79 Å². The second-order valence-corrected chi connectivity index (χ2v) is 7.28. The average Bonchev–Trinajstić information content (AvgIpc) is 2.79. The number of nitrogens with one attached hydrogen (secondary N) is 1. The molecule has 0 bridgehead atoms. The number of anilines is 2. The van der Waals surface area contributed by atoms with Crippen molar-refractivity contribution in [3.8, 4) is 11.6 Å². The minimum Gasteiger partial charge on any atom is -0.497 e. The highest BCUT2D eigenvalue weighted by Crippen LogP contribution is 2.31. The molecule has 3 aromatic rings. The molecule has 1 N–H and O–H groups in total. The summed E-state index contributed by atoms with van der Waals surface area (Å²) >= 11 is 0. The van der Waals surface area contributed by atoms with Gasteiger partial charge in [-0.05, 0) is 44.0 Å². The molecule has 30 heavy (non-hydrogen) atoms. The Morgan fingerprint density at radius 2 is 1.97 bits per heavy atom. The molecule has 1 amide bonds. The van der Waals surface area contributed by atoms with Gasteiger partial charge >= 0.3 is 0 Å². The van der Waals surface area contributed by atoms with Crippen LogP contribution in [0.5, 0.6) is 11.6 Å². The van der Waals surface area contributed by atoms with Crippen molar-refractivity contribution < 1.29 is 14.3 Å². The van der Waals surface area contributed by atoms with Gasteiger partial charge in [0.25, 0.3) is 5.88 Å². The second-order valence-electron chi connectivity index (χ2n) is 7.28. The molecular formula is C23H26N4O3. The van der Waals surface area contributed by atoms with Gasteiger partial charge in [-0.2, -0.15) is 0 Å². The molecule has 2 heterocycles. The zero-order chi connectivity index (χ0) is 20.9. The number of piperidine rings is 1. The Balaban J connectivity index is 1.54. The maximum Gasteiger partial charge on any atom is 0.258 e. The summed E-state index contributed by atoms with van der Waals surface area (Å²) in [4.78, 5) is 24.5. The number of benzene rings is 2. The molecule has 0 saturated carbocycles. The van der Waals surface area contributed by atoms with Crippen molar-refractivity contribution in [2.24, 2.45) is 5.92 Å². The van der Waals surface area contributed by atoms with Gasteiger partial charge in [-0.15, -0.1) is 0 Å². The summed E-state index contributed by atoms with van der Waals surface area (Å²) in [5, 5.41) is 3.01. The van der Waals surface area contributed by atoms with Gasteiger partial charge in [0.1, 0.15) is 5.75 Å². The first-order chi connectivity index (χ1) is 14.7. The van der Waals surface area contributed by atoms with E-state index in [1.807, 2.05) is 55.5 Å². The van der Waals surface area contributed by atoms with Crippen LogP contribution in [-0.2, 0) is 4.79 Å². The summed E-state index contributed by atoms with van der Waals surface area (Å²) in [6, 6.07) is 15.2. The molecule has 0 aliphatic carbocycles. The number of hydrogen-bond donors (Lipinski definition) is 1. The lowest BCUT2D eigenvalue weighted by atomic mass is 9.97. The highest BCUT2D eigenvalue weighted by Gasteiger charge is 2.29. The van der Waals surface area contributed by atoms with Gasteiger partial charge in [0.2, 0.25) is 5.91 Å². The van der Waals surface area contributed by atoms with Crippen molar-refractivity contribution in [3.63, 3.8) is 0 Å². The quantitative estimate of drug-likeness (QED) is 0.669. The number of carbonyl (C=O) groups is 1. The molecule has 0 radical (unpaired) electrons. The molecule has 1 aliphatic rings. The Bertz CT molecular complexity index is 1040. The van der Waals surface area contributed by atoms with Crippen molar-refractivity contribution in [1.29, 1.82) is 0 Å². The smallest absolute Gasteiger partial charge is 0.258 e. The van der Waals surface area contributed by atoms with E-state index in [1.165, 1.54) is 0 Å². The van der Waals surface area contributed by atoms with E-state index >= 15 is 0 Å². The second kappa shape index (κ2) is 8.98. The van der Waals surface area contributed by atoms with E-state index in [1.54, 1.807) is 7.11 Å². The predicted octanol–water partition coefficient (Wildman–Crippen LogP) is 3.89.